The summed E-state index contributed by atoms with van der Waals surface area (Å²) in [5.74, 6) is -0.279. The van der Waals surface area contributed by atoms with Gasteiger partial charge in [-0.15, -0.1) is 0 Å². The Kier molecular flexibility index (Phi) is 3.34. The minimum Gasteiger partial charge on any atom is -0.469 e. The predicted octanol–water partition coefficient (Wildman–Crippen LogP) is 3.52. The van der Waals surface area contributed by atoms with Crippen molar-refractivity contribution in [3.63, 3.8) is 0 Å². The summed E-state index contributed by atoms with van der Waals surface area (Å²) in [4.78, 5) is 11.2. The second-order valence-corrected chi connectivity index (χ2v) is 4.39. The Morgan fingerprint density at radius 2 is 2.06 bits per heavy atom. The predicted molar refractivity (Wildman–Crippen MR) is 69.4 cm³/mol. The van der Waals surface area contributed by atoms with Gasteiger partial charge in [0, 0.05) is 5.39 Å². The maximum absolute atomic E-state index is 11.2. The number of hydrogen-bond donors (Lipinski definition) is 0. The van der Waals surface area contributed by atoms with Gasteiger partial charge in [0.1, 0.15) is 0 Å². The van der Waals surface area contributed by atoms with Gasteiger partial charge >= 0.3 is 5.97 Å². The third kappa shape index (κ3) is 2.42. The van der Waals surface area contributed by atoms with Crippen LogP contribution in [0.1, 0.15) is 11.1 Å². The quantitative estimate of drug-likeness (QED) is 0.760. The smallest absolute Gasteiger partial charge is 0.310 e. The first-order chi connectivity index (χ1) is 8.11. The van der Waals surface area contributed by atoms with Crippen molar-refractivity contribution in [2.45, 2.75) is 13.3 Å². The first-order valence-electron chi connectivity index (χ1n) is 5.36. The molecular weight excluding hydrogens is 236 g/mol. The molecule has 88 valence electrons. The number of halogens is 1. The summed E-state index contributed by atoms with van der Waals surface area (Å²) < 4.78 is 4.64. The lowest BCUT2D eigenvalue weighted by molar-refractivity contribution is -0.139. The molecule has 0 N–H and O–H groups in total. The average molecular weight is 249 g/mol. The fourth-order valence-corrected chi connectivity index (χ4v) is 2.12. The topological polar surface area (TPSA) is 26.3 Å². The molecule has 0 aromatic heterocycles. The fourth-order valence-electron chi connectivity index (χ4n) is 1.82. The van der Waals surface area contributed by atoms with E-state index in [0.29, 0.717) is 5.02 Å². The molecule has 2 rings (SSSR count). The zero-order valence-electron chi connectivity index (χ0n) is 9.79. The highest BCUT2D eigenvalue weighted by molar-refractivity contribution is 6.36. The second-order valence-electron chi connectivity index (χ2n) is 4.02. The Morgan fingerprint density at radius 1 is 1.29 bits per heavy atom. The van der Waals surface area contributed by atoms with Crippen molar-refractivity contribution in [2.24, 2.45) is 0 Å². The summed E-state index contributed by atoms with van der Waals surface area (Å²) in [6, 6.07) is 9.92. The van der Waals surface area contributed by atoms with E-state index in [4.69, 9.17) is 11.6 Å². The molecule has 0 aliphatic carbocycles. The zero-order chi connectivity index (χ0) is 12.4. The van der Waals surface area contributed by atoms with Crippen LogP contribution >= 0.6 is 11.6 Å². The molecule has 17 heavy (non-hydrogen) atoms. The van der Waals surface area contributed by atoms with E-state index in [9.17, 15) is 4.79 Å². The molecule has 0 fully saturated rings. The maximum atomic E-state index is 11.2. The number of carbonyl (C=O) groups excluding carboxylic acids is 1. The first kappa shape index (κ1) is 11.9. The molecule has 0 radical (unpaired) electrons. The van der Waals surface area contributed by atoms with Crippen LogP contribution in [0.25, 0.3) is 10.8 Å². The van der Waals surface area contributed by atoms with Gasteiger partial charge in [-0.2, -0.15) is 0 Å². The number of aryl methyl sites for hydroxylation is 1. The highest BCUT2D eigenvalue weighted by atomic mass is 35.5. The summed E-state index contributed by atoms with van der Waals surface area (Å²) in [5, 5.41) is 2.69. The molecule has 2 aromatic carbocycles. The Balaban J connectivity index is 2.50. The normalized spacial score (nSPS) is 10.5. The van der Waals surface area contributed by atoms with E-state index in [0.717, 1.165) is 16.3 Å². The molecule has 0 atom stereocenters. The van der Waals surface area contributed by atoms with Crippen LogP contribution in [0.5, 0.6) is 0 Å². The summed E-state index contributed by atoms with van der Waals surface area (Å²) in [6.45, 7) is 2.04. The van der Waals surface area contributed by atoms with Crippen molar-refractivity contribution < 1.29 is 9.53 Å². The SMILES string of the molecule is COC(=O)Cc1ccc2cc(C)ccc2c1Cl. The van der Waals surface area contributed by atoms with Crippen LogP contribution in [0.15, 0.2) is 30.3 Å². The standard InChI is InChI=1S/C14H13ClO2/c1-9-3-6-12-10(7-9)4-5-11(14(12)15)8-13(16)17-2/h3-7H,8H2,1-2H3. The van der Waals surface area contributed by atoms with Gasteiger partial charge in [0.25, 0.3) is 0 Å². The van der Waals surface area contributed by atoms with Crippen LogP contribution in [0.3, 0.4) is 0 Å². The molecule has 2 aromatic rings. The van der Waals surface area contributed by atoms with Gasteiger partial charge < -0.3 is 4.74 Å². The number of carbonyl (C=O) groups is 1. The molecular formula is C14H13ClO2. The van der Waals surface area contributed by atoms with E-state index in [1.807, 2.05) is 31.2 Å². The Labute approximate surface area is 105 Å². The van der Waals surface area contributed by atoms with Crippen molar-refractivity contribution in [3.05, 3.63) is 46.5 Å². The molecule has 0 aliphatic heterocycles. The molecule has 0 aliphatic rings. The van der Waals surface area contributed by atoms with Crippen molar-refractivity contribution >= 4 is 28.3 Å². The van der Waals surface area contributed by atoms with Crippen LogP contribution in [0.2, 0.25) is 5.02 Å². The average Bonchev–Trinajstić information content (AvgIpc) is 2.32. The van der Waals surface area contributed by atoms with Gasteiger partial charge in [0.2, 0.25) is 0 Å². The minimum atomic E-state index is -0.279. The molecule has 0 spiro atoms. The Morgan fingerprint density at radius 3 is 2.76 bits per heavy atom. The van der Waals surface area contributed by atoms with Crippen LogP contribution in [0.4, 0.5) is 0 Å². The van der Waals surface area contributed by atoms with Crippen molar-refractivity contribution in [3.8, 4) is 0 Å². The number of rotatable bonds is 2. The molecule has 0 heterocycles. The lowest BCUT2D eigenvalue weighted by Gasteiger charge is -2.07. The number of hydrogen-bond acceptors (Lipinski definition) is 2. The third-order valence-electron chi connectivity index (χ3n) is 2.75. The summed E-state index contributed by atoms with van der Waals surface area (Å²) in [5.41, 5.74) is 1.99. The molecule has 3 heteroatoms. The van der Waals surface area contributed by atoms with E-state index in [-0.39, 0.29) is 12.4 Å². The van der Waals surface area contributed by atoms with Crippen molar-refractivity contribution in [1.82, 2.24) is 0 Å². The number of esters is 1. The van der Waals surface area contributed by atoms with Gasteiger partial charge in [0.05, 0.1) is 18.6 Å². The van der Waals surface area contributed by atoms with Crippen molar-refractivity contribution in [1.29, 1.82) is 0 Å². The number of benzene rings is 2. The lowest BCUT2D eigenvalue weighted by atomic mass is 10.0. The van der Waals surface area contributed by atoms with Gasteiger partial charge in [-0.05, 0) is 17.9 Å². The summed E-state index contributed by atoms with van der Waals surface area (Å²) in [7, 11) is 1.38. The lowest BCUT2D eigenvalue weighted by Crippen LogP contribution is -2.04. The summed E-state index contributed by atoms with van der Waals surface area (Å²) in [6.07, 6.45) is 0.207. The Bertz CT molecular complexity index is 576. The molecule has 0 saturated carbocycles. The zero-order valence-corrected chi connectivity index (χ0v) is 10.5. The van der Waals surface area contributed by atoms with Crippen LogP contribution in [-0.4, -0.2) is 13.1 Å². The van der Waals surface area contributed by atoms with Gasteiger partial charge in [-0.25, -0.2) is 0 Å². The fraction of sp³-hybridized carbons (Fsp3) is 0.214. The molecule has 0 bridgehead atoms. The van der Waals surface area contributed by atoms with Crippen LogP contribution < -0.4 is 0 Å². The van der Waals surface area contributed by atoms with Gasteiger partial charge in [-0.3, -0.25) is 4.79 Å². The van der Waals surface area contributed by atoms with Crippen LogP contribution in [0, 0.1) is 6.92 Å². The molecule has 0 amide bonds. The molecule has 0 unspecified atom stereocenters. The monoisotopic (exact) mass is 248 g/mol. The minimum absolute atomic E-state index is 0.207. The van der Waals surface area contributed by atoms with E-state index in [2.05, 4.69) is 10.8 Å². The molecule has 2 nitrogen and oxygen atoms in total. The van der Waals surface area contributed by atoms with E-state index in [1.54, 1.807) is 0 Å². The third-order valence-corrected chi connectivity index (χ3v) is 3.20. The summed E-state index contributed by atoms with van der Waals surface area (Å²) >= 11 is 6.29. The maximum Gasteiger partial charge on any atom is 0.310 e. The van der Waals surface area contributed by atoms with Gasteiger partial charge in [-0.1, -0.05) is 47.5 Å². The van der Waals surface area contributed by atoms with Crippen LogP contribution in [-0.2, 0) is 16.0 Å². The van der Waals surface area contributed by atoms with Gasteiger partial charge in [0.15, 0.2) is 0 Å². The second kappa shape index (κ2) is 4.76. The molecule has 0 saturated heterocycles. The number of fused-ring (bicyclic) bond motifs is 1. The number of methoxy groups -OCH3 is 1. The highest BCUT2D eigenvalue weighted by Gasteiger charge is 2.09. The number of ether oxygens (including phenoxy) is 1. The Hall–Kier alpha value is -1.54. The largest absolute Gasteiger partial charge is 0.469 e. The highest BCUT2D eigenvalue weighted by Crippen LogP contribution is 2.28. The van der Waals surface area contributed by atoms with E-state index >= 15 is 0 Å². The first-order valence-corrected chi connectivity index (χ1v) is 5.74. The van der Waals surface area contributed by atoms with E-state index in [1.165, 1.54) is 12.7 Å². The van der Waals surface area contributed by atoms with E-state index < -0.39 is 0 Å². The van der Waals surface area contributed by atoms with Crippen molar-refractivity contribution in [2.75, 3.05) is 7.11 Å².